The van der Waals surface area contributed by atoms with Crippen molar-refractivity contribution in [2.75, 3.05) is 11.1 Å². The number of thioether (sulfide) groups is 1. The van der Waals surface area contributed by atoms with Crippen LogP contribution < -0.4 is 10.6 Å². The van der Waals surface area contributed by atoms with Crippen molar-refractivity contribution in [2.24, 2.45) is 5.92 Å². The van der Waals surface area contributed by atoms with Crippen LogP contribution in [0.3, 0.4) is 0 Å². The van der Waals surface area contributed by atoms with Gasteiger partial charge in [-0.1, -0.05) is 56.0 Å². The number of non-ortho nitro benzene ring substituents is 1. The molecule has 0 saturated carbocycles. The SMILES string of the molecule is C=CCn1c(SCC(=O)Nc2cc([N+](=O)[O-])ccc2C)nnc1C(CC(C)C)NC(=O)c1ccccc1. The van der Waals surface area contributed by atoms with Crippen LogP contribution >= 0.6 is 11.8 Å². The zero-order chi connectivity index (χ0) is 26.9. The third kappa shape index (κ3) is 7.50. The predicted octanol–water partition coefficient (Wildman–Crippen LogP) is 4.93. The van der Waals surface area contributed by atoms with Crippen molar-refractivity contribution in [1.82, 2.24) is 20.1 Å². The molecule has 1 heterocycles. The Kier molecular flexibility index (Phi) is 9.56. The molecule has 0 fully saturated rings. The van der Waals surface area contributed by atoms with Crippen LogP contribution in [0.4, 0.5) is 11.4 Å². The summed E-state index contributed by atoms with van der Waals surface area (Å²) in [6, 6.07) is 12.9. The van der Waals surface area contributed by atoms with Crippen LogP contribution in [0.2, 0.25) is 0 Å². The summed E-state index contributed by atoms with van der Waals surface area (Å²) in [5, 5.41) is 26.0. The molecule has 1 atom stereocenters. The van der Waals surface area contributed by atoms with E-state index in [0.29, 0.717) is 40.8 Å². The number of allylic oxidation sites excluding steroid dienone is 1. The van der Waals surface area contributed by atoms with Crippen molar-refractivity contribution in [1.29, 1.82) is 0 Å². The molecule has 0 spiro atoms. The Labute approximate surface area is 219 Å². The van der Waals surface area contributed by atoms with Crippen molar-refractivity contribution in [2.45, 2.75) is 44.9 Å². The summed E-state index contributed by atoms with van der Waals surface area (Å²) in [5.41, 5.74) is 1.55. The van der Waals surface area contributed by atoms with Gasteiger partial charge in [0.25, 0.3) is 11.6 Å². The molecule has 11 heteroatoms. The standard InChI is InChI=1S/C26H30N6O4S/c1-5-13-31-24(22(14-17(2)3)28-25(34)19-9-7-6-8-10-19)29-30-26(31)37-16-23(33)27-21-15-20(32(35)36)12-11-18(21)4/h5-12,15,17,22H,1,13-14,16H2,2-4H3,(H,27,33)(H,28,34). The molecule has 2 amide bonds. The van der Waals surface area contributed by atoms with Crippen molar-refractivity contribution >= 4 is 35.0 Å². The molecular formula is C26H30N6O4S. The Morgan fingerprint density at radius 3 is 2.57 bits per heavy atom. The average molecular weight is 523 g/mol. The minimum Gasteiger partial charge on any atom is -0.342 e. The van der Waals surface area contributed by atoms with Crippen LogP contribution in [0, 0.1) is 23.0 Å². The fourth-order valence-electron chi connectivity index (χ4n) is 3.67. The molecule has 3 aromatic rings. The van der Waals surface area contributed by atoms with E-state index in [4.69, 9.17) is 0 Å². The third-order valence-electron chi connectivity index (χ3n) is 5.46. The van der Waals surface area contributed by atoms with Crippen molar-refractivity contribution < 1.29 is 14.5 Å². The lowest BCUT2D eigenvalue weighted by molar-refractivity contribution is -0.384. The lowest BCUT2D eigenvalue weighted by atomic mass is 10.0. The molecule has 10 nitrogen and oxygen atoms in total. The minimum absolute atomic E-state index is 0.0165. The molecule has 2 N–H and O–H groups in total. The first kappa shape index (κ1) is 27.6. The van der Waals surface area contributed by atoms with E-state index in [0.717, 1.165) is 0 Å². The van der Waals surface area contributed by atoms with Gasteiger partial charge in [0.05, 0.1) is 22.4 Å². The van der Waals surface area contributed by atoms with Gasteiger partial charge in [-0.25, -0.2) is 0 Å². The Hall–Kier alpha value is -3.99. The Balaban J connectivity index is 1.77. The van der Waals surface area contributed by atoms with E-state index < -0.39 is 11.0 Å². The van der Waals surface area contributed by atoms with Crippen LogP contribution in [0.1, 0.15) is 48.1 Å². The van der Waals surface area contributed by atoms with Gasteiger partial charge in [-0.2, -0.15) is 0 Å². The predicted molar refractivity (Wildman–Crippen MR) is 144 cm³/mol. The first-order chi connectivity index (χ1) is 17.7. The molecular weight excluding hydrogens is 492 g/mol. The van der Waals surface area contributed by atoms with Crippen molar-refractivity contribution in [3.63, 3.8) is 0 Å². The molecule has 194 valence electrons. The number of nitrogens with zero attached hydrogens (tertiary/aromatic N) is 4. The number of nitrogens with one attached hydrogen (secondary N) is 2. The molecule has 0 saturated heterocycles. The number of hydrogen-bond acceptors (Lipinski definition) is 7. The molecule has 0 aliphatic rings. The number of rotatable bonds is 12. The summed E-state index contributed by atoms with van der Waals surface area (Å²) >= 11 is 1.19. The Morgan fingerprint density at radius 2 is 1.92 bits per heavy atom. The lowest BCUT2D eigenvalue weighted by Crippen LogP contribution is -2.31. The number of nitro groups is 1. The molecule has 1 aromatic heterocycles. The van der Waals surface area contributed by atoms with Crippen molar-refractivity contribution in [3.8, 4) is 0 Å². The number of hydrogen-bond donors (Lipinski definition) is 2. The van der Waals surface area contributed by atoms with Crippen LogP contribution in [-0.4, -0.2) is 37.3 Å². The zero-order valence-corrected chi connectivity index (χ0v) is 21.8. The maximum Gasteiger partial charge on any atom is 0.271 e. The summed E-state index contributed by atoms with van der Waals surface area (Å²) in [6.07, 6.45) is 2.35. The topological polar surface area (TPSA) is 132 Å². The van der Waals surface area contributed by atoms with E-state index in [1.54, 1.807) is 31.2 Å². The highest BCUT2D eigenvalue weighted by Gasteiger charge is 2.25. The minimum atomic E-state index is -0.507. The number of amides is 2. The van der Waals surface area contributed by atoms with Crippen LogP contribution in [0.25, 0.3) is 0 Å². The molecule has 0 radical (unpaired) electrons. The fraction of sp³-hybridized carbons (Fsp3) is 0.308. The summed E-state index contributed by atoms with van der Waals surface area (Å²) in [6.45, 7) is 10.1. The number of nitro benzene ring substituents is 1. The summed E-state index contributed by atoms with van der Waals surface area (Å²) in [7, 11) is 0. The van der Waals surface area contributed by atoms with E-state index in [1.165, 1.54) is 23.9 Å². The molecule has 3 rings (SSSR count). The van der Waals surface area contributed by atoms with E-state index in [9.17, 15) is 19.7 Å². The summed E-state index contributed by atoms with van der Waals surface area (Å²) in [5.74, 6) is 0.327. The van der Waals surface area contributed by atoms with Crippen molar-refractivity contribution in [3.05, 3.63) is 88.3 Å². The van der Waals surface area contributed by atoms with E-state index >= 15 is 0 Å². The van der Waals surface area contributed by atoms with E-state index in [-0.39, 0.29) is 29.2 Å². The van der Waals surface area contributed by atoms with Gasteiger partial charge < -0.3 is 15.2 Å². The number of benzene rings is 2. The van der Waals surface area contributed by atoms with E-state index in [2.05, 4.69) is 41.3 Å². The number of carbonyl (C=O) groups is 2. The maximum absolute atomic E-state index is 12.9. The maximum atomic E-state index is 12.9. The summed E-state index contributed by atoms with van der Waals surface area (Å²) < 4.78 is 1.84. The van der Waals surface area contributed by atoms with Gasteiger partial charge in [-0.3, -0.25) is 19.7 Å². The normalized spacial score (nSPS) is 11.7. The zero-order valence-electron chi connectivity index (χ0n) is 21.0. The highest BCUT2D eigenvalue weighted by atomic mass is 32.2. The van der Waals surface area contributed by atoms with Gasteiger partial charge in [-0.05, 0) is 37.0 Å². The first-order valence-electron chi connectivity index (χ1n) is 11.8. The molecule has 0 aliphatic carbocycles. The lowest BCUT2D eigenvalue weighted by Gasteiger charge is -2.21. The van der Waals surface area contributed by atoms with Crippen LogP contribution in [0.5, 0.6) is 0 Å². The third-order valence-corrected chi connectivity index (χ3v) is 6.42. The molecule has 1 unspecified atom stereocenters. The Bertz CT molecular complexity index is 1280. The average Bonchev–Trinajstić information content (AvgIpc) is 3.26. The summed E-state index contributed by atoms with van der Waals surface area (Å²) in [4.78, 5) is 36.1. The smallest absolute Gasteiger partial charge is 0.271 e. The Morgan fingerprint density at radius 1 is 1.19 bits per heavy atom. The van der Waals surface area contributed by atoms with Gasteiger partial charge in [0, 0.05) is 24.2 Å². The molecule has 37 heavy (non-hydrogen) atoms. The van der Waals surface area contributed by atoms with Crippen LogP contribution in [0.15, 0.2) is 66.3 Å². The van der Waals surface area contributed by atoms with Gasteiger partial charge >= 0.3 is 0 Å². The highest BCUT2D eigenvalue weighted by molar-refractivity contribution is 7.99. The second-order valence-electron chi connectivity index (χ2n) is 8.85. The second kappa shape index (κ2) is 12.8. The van der Waals surface area contributed by atoms with Gasteiger partial charge in [-0.15, -0.1) is 16.8 Å². The van der Waals surface area contributed by atoms with Gasteiger partial charge in [0.2, 0.25) is 5.91 Å². The van der Waals surface area contributed by atoms with Gasteiger partial charge in [0.1, 0.15) is 0 Å². The second-order valence-corrected chi connectivity index (χ2v) is 9.80. The van der Waals surface area contributed by atoms with Gasteiger partial charge in [0.15, 0.2) is 11.0 Å². The molecule has 2 aromatic carbocycles. The molecule has 0 aliphatic heterocycles. The number of aryl methyl sites for hydroxylation is 1. The largest absolute Gasteiger partial charge is 0.342 e. The quantitative estimate of drug-likeness (QED) is 0.149. The monoisotopic (exact) mass is 522 g/mol. The number of aromatic nitrogens is 3. The molecule has 0 bridgehead atoms. The number of carbonyl (C=O) groups excluding carboxylic acids is 2. The fourth-order valence-corrected chi connectivity index (χ4v) is 4.43. The highest BCUT2D eigenvalue weighted by Crippen LogP contribution is 2.26. The first-order valence-corrected chi connectivity index (χ1v) is 12.8. The van der Waals surface area contributed by atoms with Crippen LogP contribution in [-0.2, 0) is 11.3 Å². The van der Waals surface area contributed by atoms with E-state index in [1.807, 2.05) is 22.8 Å². The number of anilines is 1.